The van der Waals surface area contributed by atoms with E-state index in [9.17, 15) is 9.90 Å². The molecule has 19 heavy (non-hydrogen) atoms. The Kier molecular flexibility index (Phi) is 4.63. The molecule has 5 nitrogen and oxygen atoms in total. The first-order chi connectivity index (χ1) is 9.20. The summed E-state index contributed by atoms with van der Waals surface area (Å²) in [5, 5.41) is 9.24. The van der Waals surface area contributed by atoms with E-state index >= 15 is 0 Å². The highest BCUT2D eigenvalue weighted by atomic mass is 16.5. The lowest BCUT2D eigenvalue weighted by Gasteiger charge is -2.18. The lowest BCUT2D eigenvalue weighted by Crippen LogP contribution is -2.29. The molecule has 1 heterocycles. The van der Waals surface area contributed by atoms with Crippen molar-refractivity contribution in [3.8, 4) is 11.5 Å². The highest BCUT2D eigenvalue weighted by Crippen LogP contribution is 2.24. The van der Waals surface area contributed by atoms with Gasteiger partial charge in [0.1, 0.15) is 18.1 Å². The first-order valence-electron chi connectivity index (χ1n) is 6.28. The van der Waals surface area contributed by atoms with Crippen molar-refractivity contribution in [2.75, 3.05) is 26.9 Å². The van der Waals surface area contributed by atoms with Crippen LogP contribution in [0.25, 0.3) is 0 Å². The zero-order valence-corrected chi connectivity index (χ0v) is 10.9. The molecule has 1 aliphatic heterocycles. The van der Waals surface area contributed by atoms with Crippen molar-refractivity contribution >= 4 is 5.97 Å². The van der Waals surface area contributed by atoms with E-state index in [4.69, 9.17) is 14.2 Å². The minimum absolute atomic E-state index is 0.0377. The smallest absolute Gasteiger partial charge is 0.310 e. The summed E-state index contributed by atoms with van der Waals surface area (Å²) in [7, 11) is 1.59. The number of carbonyl (C=O) groups is 1. The lowest BCUT2D eigenvalue weighted by atomic mass is 9.92. The van der Waals surface area contributed by atoms with E-state index < -0.39 is 11.9 Å². The van der Waals surface area contributed by atoms with Crippen molar-refractivity contribution < 1.29 is 24.1 Å². The van der Waals surface area contributed by atoms with Crippen LogP contribution in [-0.2, 0) is 9.53 Å². The number of methoxy groups -OCH3 is 1. The normalized spacial score (nSPS) is 19.9. The second kappa shape index (κ2) is 6.43. The summed E-state index contributed by atoms with van der Waals surface area (Å²) in [5.41, 5.74) is 0. The third kappa shape index (κ3) is 3.61. The third-order valence-electron chi connectivity index (χ3n) is 3.34. The lowest BCUT2D eigenvalue weighted by molar-refractivity contribution is -0.145. The molecule has 1 saturated heterocycles. The molecule has 0 amide bonds. The second-order valence-corrected chi connectivity index (χ2v) is 4.55. The molecule has 2 unspecified atom stereocenters. The van der Waals surface area contributed by atoms with Gasteiger partial charge in [0.05, 0.1) is 19.6 Å². The fourth-order valence-electron chi connectivity index (χ4n) is 2.14. The van der Waals surface area contributed by atoms with Gasteiger partial charge < -0.3 is 19.3 Å². The summed E-state index contributed by atoms with van der Waals surface area (Å²) in [5.74, 6) is 0.0710. The van der Waals surface area contributed by atoms with Crippen LogP contribution in [0.5, 0.6) is 11.5 Å². The molecule has 1 N–H and O–H groups in total. The van der Waals surface area contributed by atoms with Crippen LogP contribution in [0, 0.1) is 11.8 Å². The summed E-state index contributed by atoms with van der Waals surface area (Å²) in [4.78, 5) is 11.3. The fraction of sp³-hybridized carbons (Fsp3) is 0.500. The molecule has 0 aliphatic carbocycles. The number of rotatable bonds is 6. The highest BCUT2D eigenvalue weighted by Gasteiger charge is 2.31. The van der Waals surface area contributed by atoms with Gasteiger partial charge in [-0.25, -0.2) is 0 Å². The first kappa shape index (κ1) is 13.7. The SMILES string of the molecule is COc1ccc(OCC(C(=O)O)C2CCOC2)cc1. The van der Waals surface area contributed by atoms with E-state index in [1.54, 1.807) is 31.4 Å². The van der Waals surface area contributed by atoms with Crippen LogP contribution in [-0.4, -0.2) is 38.0 Å². The van der Waals surface area contributed by atoms with Crippen LogP contribution in [0.2, 0.25) is 0 Å². The molecule has 5 heteroatoms. The Balaban J connectivity index is 1.92. The van der Waals surface area contributed by atoms with Crippen molar-refractivity contribution in [1.29, 1.82) is 0 Å². The maximum Gasteiger partial charge on any atom is 0.310 e. The van der Waals surface area contributed by atoms with Crippen molar-refractivity contribution in [3.63, 3.8) is 0 Å². The molecule has 0 saturated carbocycles. The number of hydrogen-bond acceptors (Lipinski definition) is 4. The standard InChI is InChI=1S/C14H18O5/c1-17-11-2-4-12(5-3-11)19-9-13(14(15)16)10-6-7-18-8-10/h2-5,10,13H,6-9H2,1H3,(H,15,16). The van der Waals surface area contributed by atoms with Gasteiger partial charge in [0.2, 0.25) is 0 Å². The molecule has 0 bridgehead atoms. The molecule has 0 aromatic heterocycles. The molecule has 0 spiro atoms. The van der Waals surface area contributed by atoms with Crippen LogP contribution >= 0.6 is 0 Å². The summed E-state index contributed by atoms with van der Waals surface area (Å²) < 4.78 is 15.8. The Morgan fingerprint density at radius 3 is 2.63 bits per heavy atom. The molecule has 1 fully saturated rings. The number of ether oxygens (including phenoxy) is 3. The van der Waals surface area contributed by atoms with Crippen LogP contribution < -0.4 is 9.47 Å². The largest absolute Gasteiger partial charge is 0.497 e. The number of carboxylic acid groups (broad SMARTS) is 1. The number of benzene rings is 1. The van der Waals surface area contributed by atoms with Gasteiger partial charge in [0.25, 0.3) is 0 Å². The van der Waals surface area contributed by atoms with Gasteiger partial charge in [0, 0.05) is 12.5 Å². The predicted molar refractivity (Wildman–Crippen MR) is 68.5 cm³/mol. The van der Waals surface area contributed by atoms with Gasteiger partial charge in [-0.2, -0.15) is 0 Å². The molecular formula is C14H18O5. The summed E-state index contributed by atoms with van der Waals surface area (Å²) in [6.45, 7) is 1.30. The van der Waals surface area contributed by atoms with Gasteiger partial charge >= 0.3 is 5.97 Å². The Bertz CT molecular complexity index is 408. The monoisotopic (exact) mass is 266 g/mol. The van der Waals surface area contributed by atoms with Gasteiger partial charge in [0.15, 0.2) is 0 Å². The molecule has 0 radical (unpaired) electrons. The van der Waals surface area contributed by atoms with Crippen molar-refractivity contribution in [1.82, 2.24) is 0 Å². The van der Waals surface area contributed by atoms with Gasteiger partial charge in [-0.1, -0.05) is 0 Å². The zero-order chi connectivity index (χ0) is 13.7. The average Bonchev–Trinajstić information content (AvgIpc) is 2.93. The van der Waals surface area contributed by atoms with Crippen LogP contribution in [0.4, 0.5) is 0 Å². The maximum atomic E-state index is 11.3. The number of carboxylic acids is 1. The molecule has 2 rings (SSSR count). The molecule has 1 aliphatic rings. The molecular weight excluding hydrogens is 248 g/mol. The summed E-state index contributed by atoms with van der Waals surface area (Å²) in [6.07, 6.45) is 0.781. The Morgan fingerprint density at radius 2 is 2.11 bits per heavy atom. The van der Waals surface area contributed by atoms with Gasteiger partial charge in [-0.15, -0.1) is 0 Å². The minimum atomic E-state index is -0.830. The molecule has 104 valence electrons. The second-order valence-electron chi connectivity index (χ2n) is 4.55. The van der Waals surface area contributed by atoms with E-state index in [2.05, 4.69) is 0 Å². The van der Waals surface area contributed by atoms with Crippen LogP contribution in [0.3, 0.4) is 0 Å². The summed E-state index contributed by atoms with van der Waals surface area (Å²) in [6, 6.07) is 7.10. The van der Waals surface area contributed by atoms with E-state index in [0.29, 0.717) is 19.0 Å². The van der Waals surface area contributed by atoms with E-state index in [0.717, 1.165) is 12.2 Å². The summed E-state index contributed by atoms with van der Waals surface area (Å²) >= 11 is 0. The van der Waals surface area contributed by atoms with Crippen molar-refractivity contribution in [2.45, 2.75) is 6.42 Å². The molecule has 2 atom stereocenters. The Morgan fingerprint density at radius 1 is 1.42 bits per heavy atom. The van der Waals surface area contributed by atoms with Crippen molar-refractivity contribution in [3.05, 3.63) is 24.3 Å². The predicted octanol–water partition coefficient (Wildman–Crippen LogP) is 1.81. The Hall–Kier alpha value is -1.75. The molecule has 1 aromatic rings. The van der Waals surface area contributed by atoms with E-state index in [-0.39, 0.29) is 12.5 Å². The van der Waals surface area contributed by atoms with Crippen molar-refractivity contribution in [2.24, 2.45) is 11.8 Å². The zero-order valence-electron chi connectivity index (χ0n) is 10.9. The first-order valence-corrected chi connectivity index (χ1v) is 6.28. The third-order valence-corrected chi connectivity index (χ3v) is 3.34. The van der Waals surface area contributed by atoms with Gasteiger partial charge in [-0.05, 0) is 30.7 Å². The average molecular weight is 266 g/mol. The number of hydrogen-bond donors (Lipinski definition) is 1. The van der Waals surface area contributed by atoms with E-state index in [1.165, 1.54) is 0 Å². The highest BCUT2D eigenvalue weighted by molar-refractivity contribution is 5.70. The topological polar surface area (TPSA) is 65.0 Å². The van der Waals surface area contributed by atoms with Gasteiger partial charge in [-0.3, -0.25) is 4.79 Å². The molecule has 1 aromatic carbocycles. The minimum Gasteiger partial charge on any atom is -0.497 e. The van der Waals surface area contributed by atoms with Crippen LogP contribution in [0.1, 0.15) is 6.42 Å². The fourth-order valence-corrected chi connectivity index (χ4v) is 2.14. The van der Waals surface area contributed by atoms with E-state index in [1.807, 2.05) is 0 Å². The van der Waals surface area contributed by atoms with Crippen LogP contribution in [0.15, 0.2) is 24.3 Å². The maximum absolute atomic E-state index is 11.3. The number of aliphatic carboxylic acids is 1. The quantitative estimate of drug-likeness (QED) is 0.850. The Labute approximate surface area is 112 Å².